The van der Waals surface area contributed by atoms with E-state index in [1.54, 1.807) is 0 Å². The van der Waals surface area contributed by atoms with Gasteiger partial charge in [0.25, 0.3) is 0 Å². The predicted molar refractivity (Wildman–Crippen MR) is 69.1 cm³/mol. The highest BCUT2D eigenvalue weighted by molar-refractivity contribution is 5.58. The molecule has 0 aromatic heterocycles. The van der Waals surface area contributed by atoms with Crippen molar-refractivity contribution in [3.8, 4) is 0 Å². The zero-order chi connectivity index (χ0) is 11.3. The van der Waals surface area contributed by atoms with Crippen LogP contribution in [0.1, 0.15) is 42.9 Å². The van der Waals surface area contributed by atoms with Crippen LogP contribution in [-0.2, 0) is 6.42 Å². The lowest BCUT2D eigenvalue weighted by Crippen LogP contribution is -1.97. The van der Waals surface area contributed by atoms with Crippen LogP contribution in [0.4, 0.5) is 0 Å². The van der Waals surface area contributed by atoms with Crippen LogP contribution in [0.2, 0.25) is 0 Å². The highest BCUT2D eigenvalue weighted by Crippen LogP contribution is 2.25. The minimum absolute atomic E-state index is 0.398. The molecule has 0 aliphatic rings. The SMILES string of the molecule is C=Cc1c(CCC)cccc1C(C)C=C. The second kappa shape index (κ2) is 5.55. The lowest BCUT2D eigenvalue weighted by Gasteiger charge is -2.14. The molecule has 1 rings (SSSR count). The summed E-state index contributed by atoms with van der Waals surface area (Å²) in [5.74, 6) is 0.398. The third-order valence-corrected chi connectivity index (χ3v) is 2.80. The van der Waals surface area contributed by atoms with Crippen LogP contribution in [0.15, 0.2) is 37.4 Å². The Morgan fingerprint density at radius 3 is 2.60 bits per heavy atom. The Hall–Kier alpha value is -1.30. The zero-order valence-corrected chi connectivity index (χ0v) is 9.79. The molecule has 0 heterocycles. The van der Waals surface area contributed by atoms with Crippen molar-refractivity contribution >= 4 is 6.08 Å². The molecule has 0 fully saturated rings. The van der Waals surface area contributed by atoms with E-state index < -0.39 is 0 Å². The smallest absolute Gasteiger partial charge is 0.000709 e. The lowest BCUT2D eigenvalue weighted by atomic mass is 9.91. The minimum atomic E-state index is 0.398. The molecule has 1 aromatic rings. The number of rotatable bonds is 5. The molecule has 1 unspecified atom stereocenters. The Morgan fingerprint density at radius 2 is 2.07 bits per heavy atom. The van der Waals surface area contributed by atoms with Crippen molar-refractivity contribution in [1.82, 2.24) is 0 Å². The number of benzene rings is 1. The first-order valence-corrected chi connectivity index (χ1v) is 5.61. The standard InChI is InChI=1S/C15H20/c1-5-9-13-10-8-11-15(12(4)6-2)14(13)7-3/h6-8,10-12H,2-3,5,9H2,1,4H3. The van der Waals surface area contributed by atoms with Crippen molar-refractivity contribution < 1.29 is 0 Å². The Kier molecular flexibility index (Phi) is 4.36. The fourth-order valence-corrected chi connectivity index (χ4v) is 1.89. The summed E-state index contributed by atoms with van der Waals surface area (Å²) in [5.41, 5.74) is 4.04. The van der Waals surface area contributed by atoms with Crippen LogP contribution in [0.5, 0.6) is 0 Å². The van der Waals surface area contributed by atoms with E-state index in [9.17, 15) is 0 Å². The molecule has 0 bridgehead atoms. The molecule has 0 heteroatoms. The highest BCUT2D eigenvalue weighted by atomic mass is 14.1. The fourth-order valence-electron chi connectivity index (χ4n) is 1.89. The van der Waals surface area contributed by atoms with Gasteiger partial charge in [0.15, 0.2) is 0 Å². The molecule has 1 aromatic carbocycles. The average molecular weight is 200 g/mol. The Labute approximate surface area is 93.3 Å². The van der Waals surface area contributed by atoms with Crippen molar-refractivity contribution in [2.45, 2.75) is 32.6 Å². The minimum Gasteiger partial charge on any atom is -0.102 e. The van der Waals surface area contributed by atoms with Gasteiger partial charge in [-0.05, 0) is 29.0 Å². The zero-order valence-electron chi connectivity index (χ0n) is 9.79. The van der Waals surface area contributed by atoms with Gasteiger partial charge in [-0.25, -0.2) is 0 Å². The number of allylic oxidation sites excluding steroid dienone is 1. The number of hydrogen-bond acceptors (Lipinski definition) is 0. The molecule has 15 heavy (non-hydrogen) atoms. The van der Waals surface area contributed by atoms with Gasteiger partial charge in [-0.15, -0.1) is 6.58 Å². The van der Waals surface area contributed by atoms with Gasteiger partial charge >= 0.3 is 0 Å². The van der Waals surface area contributed by atoms with Gasteiger partial charge < -0.3 is 0 Å². The van der Waals surface area contributed by atoms with Gasteiger partial charge in [0.2, 0.25) is 0 Å². The van der Waals surface area contributed by atoms with Crippen LogP contribution < -0.4 is 0 Å². The van der Waals surface area contributed by atoms with Gasteiger partial charge in [-0.2, -0.15) is 0 Å². The maximum atomic E-state index is 3.92. The quantitative estimate of drug-likeness (QED) is 0.611. The van der Waals surface area contributed by atoms with E-state index in [0.717, 1.165) is 6.42 Å². The molecular formula is C15H20. The summed E-state index contributed by atoms with van der Waals surface area (Å²) < 4.78 is 0. The van der Waals surface area contributed by atoms with E-state index in [-0.39, 0.29) is 0 Å². The van der Waals surface area contributed by atoms with E-state index in [0.29, 0.717) is 5.92 Å². The number of aryl methyl sites for hydroxylation is 1. The van der Waals surface area contributed by atoms with Crippen molar-refractivity contribution in [2.24, 2.45) is 0 Å². The van der Waals surface area contributed by atoms with Gasteiger partial charge in [0.1, 0.15) is 0 Å². The summed E-state index contributed by atoms with van der Waals surface area (Å²) in [6, 6.07) is 6.50. The Morgan fingerprint density at radius 1 is 1.33 bits per heavy atom. The van der Waals surface area contributed by atoms with Gasteiger partial charge in [0.05, 0.1) is 0 Å². The highest BCUT2D eigenvalue weighted by Gasteiger charge is 2.08. The molecular weight excluding hydrogens is 180 g/mol. The monoisotopic (exact) mass is 200 g/mol. The van der Waals surface area contributed by atoms with Crippen molar-refractivity contribution in [1.29, 1.82) is 0 Å². The predicted octanol–water partition coefficient (Wildman–Crippen LogP) is 4.57. The van der Waals surface area contributed by atoms with Crippen molar-refractivity contribution in [3.05, 3.63) is 54.1 Å². The van der Waals surface area contributed by atoms with Crippen LogP contribution >= 0.6 is 0 Å². The molecule has 0 aliphatic carbocycles. The second-order valence-corrected chi connectivity index (χ2v) is 3.90. The first-order chi connectivity index (χ1) is 7.24. The first kappa shape index (κ1) is 11.8. The maximum Gasteiger partial charge on any atom is -0.000709 e. The molecule has 1 atom stereocenters. The van der Waals surface area contributed by atoms with Crippen LogP contribution in [0, 0.1) is 0 Å². The van der Waals surface area contributed by atoms with E-state index in [4.69, 9.17) is 0 Å². The van der Waals surface area contributed by atoms with E-state index in [2.05, 4.69) is 45.2 Å². The van der Waals surface area contributed by atoms with Gasteiger partial charge in [0, 0.05) is 0 Å². The van der Waals surface area contributed by atoms with Crippen LogP contribution in [0.3, 0.4) is 0 Å². The lowest BCUT2D eigenvalue weighted by molar-refractivity contribution is 0.901. The van der Waals surface area contributed by atoms with Gasteiger partial charge in [-0.3, -0.25) is 0 Å². The summed E-state index contributed by atoms with van der Waals surface area (Å²) in [5, 5.41) is 0. The normalized spacial score (nSPS) is 12.1. The molecule has 80 valence electrons. The largest absolute Gasteiger partial charge is 0.102 e. The average Bonchev–Trinajstić information content (AvgIpc) is 2.28. The van der Waals surface area contributed by atoms with Crippen molar-refractivity contribution in [3.63, 3.8) is 0 Å². The summed E-state index contributed by atoms with van der Waals surface area (Å²) >= 11 is 0. The fraction of sp³-hybridized carbons (Fsp3) is 0.333. The second-order valence-electron chi connectivity index (χ2n) is 3.90. The number of hydrogen-bond donors (Lipinski definition) is 0. The van der Waals surface area contributed by atoms with Crippen LogP contribution in [0.25, 0.3) is 6.08 Å². The summed E-state index contributed by atoms with van der Waals surface area (Å²) in [6.45, 7) is 12.1. The van der Waals surface area contributed by atoms with E-state index >= 15 is 0 Å². The van der Waals surface area contributed by atoms with Gasteiger partial charge in [-0.1, -0.05) is 57.2 Å². The third-order valence-electron chi connectivity index (χ3n) is 2.80. The van der Waals surface area contributed by atoms with E-state index in [1.165, 1.54) is 23.1 Å². The molecule has 0 nitrogen and oxygen atoms in total. The molecule has 0 saturated carbocycles. The first-order valence-electron chi connectivity index (χ1n) is 5.61. The third kappa shape index (κ3) is 2.59. The molecule has 0 N–H and O–H groups in total. The summed E-state index contributed by atoms with van der Waals surface area (Å²) in [7, 11) is 0. The summed E-state index contributed by atoms with van der Waals surface area (Å²) in [6.07, 6.45) is 6.25. The molecule has 0 radical (unpaired) electrons. The topological polar surface area (TPSA) is 0 Å². The summed E-state index contributed by atoms with van der Waals surface area (Å²) in [4.78, 5) is 0. The molecule has 0 amide bonds. The molecule has 0 saturated heterocycles. The van der Waals surface area contributed by atoms with Crippen molar-refractivity contribution in [2.75, 3.05) is 0 Å². The van der Waals surface area contributed by atoms with E-state index in [1.807, 2.05) is 12.2 Å². The Bertz CT molecular complexity index is 347. The maximum absolute atomic E-state index is 3.92. The molecule has 0 spiro atoms. The van der Waals surface area contributed by atoms with Crippen LogP contribution in [-0.4, -0.2) is 0 Å². The molecule has 0 aliphatic heterocycles. The Balaban J connectivity index is 3.20.